The molecular weight excluding hydrogens is 394 g/mol. The van der Waals surface area contributed by atoms with Gasteiger partial charge in [0, 0.05) is 41.6 Å². The van der Waals surface area contributed by atoms with Crippen LogP contribution in [0.25, 0.3) is 0 Å². The number of amides is 1. The molecule has 158 valence electrons. The molecule has 0 bridgehead atoms. The molecule has 1 aliphatic heterocycles. The summed E-state index contributed by atoms with van der Waals surface area (Å²) in [7, 11) is 0. The minimum Gasteiger partial charge on any atom is -0.379 e. The van der Waals surface area contributed by atoms with Crippen LogP contribution in [0.5, 0.6) is 0 Å². The van der Waals surface area contributed by atoms with E-state index in [9.17, 15) is 4.79 Å². The zero-order chi connectivity index (χ0) is 20.9. The standard InChI is InChI=1S/C24H29N3O2S/c1-18-16-23(19(2)27(18)17-22-4-3-15-30-22)24(28)25-21-7-5-20(6-8-21)9-10-26-11-13-29-14-12-26/h3-8,15-16H,9-14,17H2,1-2H3,(H,25,28). The van der Waals surface area contributed by atoms with Gasteiger partial charge in [0.25, 0.3) is 5.91 Å². The topological polar surface area (TPSA) is 46.5 Å². The number of aryl methyl sites for hydroxylation is 1. The van der Waals surface area contributed by atoms with Crippen LogP contribution in [0.15, 0.2) is 47.8 Å². The first-order chi connectivity index (χ1) is 14.6. The lowest BCUT2D eigenvalue weighted by Gasteiger charge is -2.26. The third kappa shape index (κ3) is 5.01. The number of anilines is 1. The zero-order valence-electron chi connectivity index (χ0n) is 17.7. The normalized spacial score (nSPS) is 14.7. The summed E-state index contributed by atoms with van der Waals surface area (Å²) in [6, 6.07) is 14.4. The van der Waals surface area contributed by atoms with Gasteiger partial charge >= 0.3 is 0 Å². The monoisotopic (exact) mass is 423 g/mol. The van der Waals surface area contributed by atoms with E-state index in [0.29, 0.717) is 0 Å². The molecule has 5 nitrogen and oxygen atoms in total. The van der Waals surface area contributed by atoms with Crippen LogP contribution in [0.1, 0.15) is 32.2 Å². The van der Waals surface area contributed by atoms with E-state index < -0.39 is 0 Å². The molecule has 1 saturated heterocycles. The molecule has 1 aliphatic rings. The van der Waals surface area contributed by atoms with Gasteiger partial charge in [-0.1, -0.05) is 18.2 Å². The van der Waals surface area contributed by atoms with E-state index in [1.165, 1.54) is 10.4 Å². The van der Waals surface area contributed by atoms with Gasteiger partial charge in [0.1, 0.15) is 0 Å². The smallest absolute Gasteiger partial charge is 0.257 e. The third-order valence-electron chi connectivity index (χ3n) is 5.74. The van der Waals surface area contributed by atoms with Gasteiger partial charge in [0.2, 0.25) is 0 Å². The van der Waals surface area contributed by atoms with Crippen LogP contribution in [-0.4, -0.2) is 48.2 Å². The average molecular weight is 424 g/mol. The van der Waals surface area contributed by atoms with Crippen molar-refractivity contribution in [2.24, 2.45) is 0 Å². The summed E-state index contributed by atoms with van der Waals surface area (Å²) in [4.78, 5) is 16.6. The van der Waals surface area contributed by atoms with Gasteiger partial charge in [-0.3, -0.25) is 9.69 Å². The van der Waals surface area contributed by atoms with E-state index in [0.717, 1.165) is 68.5 Å². The van der Waals surface area contributed by atoms with E-state index in [4.69, 9.17) is 4.74 Å². The minimum atomic E-state index is -0.0541. The van der Waals surface area contributed by atoms with Crippen LogP contribution in [0.2, 0.25) is 0 Å². The molecule has 4 rings (SSSR count). The van der Waals surface area contributed by atoms with Crippen LogP contribution in [-0.2, 0) is 17.7 Å². The van der Waals surface area contributed by atoms with Crippen molar-refractivity contribution in [3.8, 4) is 0 Å². The number of morpholine rings is 1. The first-order valence-electron chi connectivity index (χ1n) is 10.5. The summed E-state index contributed by atoms with van der Waals surface area (Å²) >= 11 is 1.74. The molecule has 30 heavy (non-hydrogen) atoms. The highest BCUT2D eigenvalue weighted by atomic mass is 32.1. The molecule has 3 heterocycles. The second-order valence-corrected chi connectivity index (χ2v) is 8.84. The summed E-state index contributed by atoms with van der Waals surface area (Å²) in [6.07, 6.45) is 1.01. The van der Waals surface area contributed by atoms with Gasteiger partial charge in [-0.2, -0.15) is 0 Å². The molecule has 2 aromatic heterocycles. The Bertz CT molecular complexity index is 971. The van der Waals surface area contributed by atoms with Crippen LogP contribution >= 0.6 is 11.3 Å². The van der Waals surface area contributed by atoms with Gasteiger partial charge in [0.15, 0.2) is 0 Å². The predicted molar refractivity (Wildman–Crippen MR) is 123 cm³/mol. The number of aromatic nitrogens is 1. The maximum atomic E-state index is 12.9. The molecular formula is C24H29N3O2S. The van der Waals surface area contributed by atoms with Crippen molar-refractivity contribution in [1.82, 2.24) is 9.47 Å². The van der Waals surface area contributed by atoms with Crippen LogP contribution in [0, 0.1) is 13.8 Å². The Morgan fingerprint density at radius 2 is 1.90 bits per heavy atom. The highest BCUT2D eigenvalue weighted by Crippen LogP contribution is 2.21. The number of carbonyl (C=O) groups is 1. The molecule has 0 unspecified atom stereocenters. The first-order valence-corrected chi connectivity index (χ1v) is 11.4. The number of hydrogen-bond donors (Lipinski definition) is 1. The molecule has 1 fully saturated rings. The van der Waals surface area contributed by atoms with E-state index in [2.05, 4.69) is 51.4 Å². The number of carbonyl (C=O) groups excluding carboxylic acids is 1. The molecule has 1 amide bonds. The number of hydrogen-bond acceptors (Lipinski definition) is 4. The maximum Gasteiger partial charge on any atom is 0.257 e. The third-order valence-corrected chi connectivity index (χ3v) is 6.61. The molecule has 0 spiro atoms. The number of ether oxygens (including phenoxy) is 1. The molecule has 0 radical (unpaired) electrons. The number of thiophene rings is 1. The van der Waals surface area contributed by atoms with Crippen molar-refractivity contribution in [1.29, 1.82) is 0 Å². The number of rotatable bonds is 7. The van der Waals surface area contributed by atoms with Crippen molar-refractivity contribution in [3.63, 3.8) is 0 Å². The van der Waals surface area contributed by atoms with Gasteiger partial charge in [-0.25, -0.2) is 0 Å². The highest BCUT2D eigenvalue weighted by molar-refractivity contribution is 7.09. The van der Waals surface area contributed by atoms with Crippen molar-refractivity contribution < 1.29 is 9.53 Å². The first kappa shape index (κ1) is 20.8. The van der Waals surface area contributed by atoms with Crippen molar-refractivity contribution in [2.75, 3.05) is 38.2 Å². The largest absolute Gasteiger partial charge is 0.379 e. The lowest BCUT2D eigenvalue weighted by atomic mass is 10.1. The molecule has 3 aromatic rings. The van der Waals surface area contributed by atoms with Crippen molar-refractivity contribution in [2.45, 2.75) is 26.8 Å². The zero-order valence-corrected chi connectivity index (χ0v) is 18.5. The van der Waals surface area contributed by atoms with Gasteiger partial charge in [-0.05, 0) is 55.5 Å². The summed E-state index contributed by atoms with van der Waals surface area (Å²) in [6.45, 7) is 9.62. The minimum absolute atomic E-state index is 0.0541. The van der Waals surface area contributed by atoms with Crippen molar-refractivity contribution in [3.05, 3.63) is 75.2 Å². The molecule has 1 aromatic carbocycles. The Morgan fingerprint density at radius 1 is 1.13 bits per heavy atom. The summed E-state index contributed by atoms with van der Waals surface area (Å²) in [5.41, 5.74) is 4.96. The van der Waals surface area contributed by atoms with E-state index in [1.807, 2.05) is 25.1 Å². The number of nitrogens with one attached hydrogen (secondary N) is 1. The Morgan fingerprint density at radius 3 is 2.60 bits per heavy atom. The van der Waals surface area contributed by atoms with Crippen LogP contribution in [0.4, 0.5) is 5.69 Å². The Balaban J connectivity index is 1.36. The highest BCUT2D eigenvalue weighted by Gasteiger charge is 2.16. The van der Waals surface area contributed by atoms with Crippen LogP contribution in [0.3, 0.4) is 0 Å². The van der Waals surface area contributed by atoms with E-state index >= 15 is 0 Å². The summed E-state index contributed by atoms with van der Waals surface area (Å²) < 4.78 is 7.60. The second-order valence-electron chi connectivity index (χ2n) is 7.81. The Kier molecular flexibility index (Phi) is 6.67. The SMILES string of the molecule is Cc1cc(C(=O)Nc2ccc(CCN3CCOCC3)cc2)c(C)n1Cc1cccs1. The lowest BCUT2D eigenvalue weighted by Crippen LogP contribution is -2.37. The van der Waals surface area contributed by atoms with Gasteiger partial charge in [-0.15, -0.1) is 11.3 Å². The summed E-state index contributed by atoms with van der Waals surface area (Å²) in [5, 5.41) is 5.14. The molecule has 0 aliphatic carbocycles. The number of nitrogens with zero attached hydrogens (tertiary/aromatic N) is 2. The lowest BCUT2D eigenvalue weighted by molar-refractivity contribution is 0.0384. The fraction of sp³-hybridized carbons (Fsp3) is 0.375. The Labute approximate surface area is 182 Å². The van der Waals surface area contributed by atoms with Crippen LogP contribution < -0.4 is 5.32 Å². The maximum absolute atomic E-state index is 12.9. The number of benzene rings is 1. The quantitative estimate of drug-likeness (QED) is 0.615. The molecule has 6 heteroatoms. The fourth-order valence-electron chi connectivity index (χ4n) is 3.90. The summed E-state index contributed by atoms with van der Waals surface area (Å²) in [5.74, 6) is -0.0541. The average Bonchev–Trinajstić information content (AvgIpc) is 3.38. The molecule has 1 N–H and O–H groups in total. The van der Waals surface area contributed by atoms with Crippen molar-refractivity contribution >= 4 is 22.9 Å². The van der Waals surface area contributed by atoms with Gasteiger partial charge < -0.3 is 14.6 Å². The fourth-order valence-corrected chi connectivity index (χ4v) is 4.59. The molecule has 0 saturated carbocycles. The predicted octanol–water partition coefficient (Wildman–Crippen LogP) is 4.34. The van der Waals surface area contributed by atoms with E-state index in [-0.39, 0.29) is 5.91 Å². The van der Waals surface area contributed by atoms with E-state index in [1.54, 1.807) is 11.3 Å². The Hall–Kier alpha value is -2.41. The molecule has 0 atom stereocenters. The second kappa shape index (κ2) is 9.60. The van der Waals surface area contributed by atoms with Gasteiger partial charge in [0.05, 0.1) is 25.3 Å².